The van der Waals surface area contributed by atoms with Gasteiger partial charge >= 0.3 is 11.8 Å². The zero-order valence-electron chi connectivity index (χ0n) is 16.0. The number of benzene rings is 1. The van der Waals surface area contributed by atoms with E-state index in [1.807, 2.05) is 0 Å². The summed E-state index contributed by atoms with van der Waals surface area (Å²) in [6, 6.07) is 6.48. The van der Waals surface area contributed by atoms with Crippen molar-refractivity contribution in [3.05, 3.63) is 24.3 Å². The Morgan fingerprint density at radius 2 is 1.74 bits per heavy atom. The number of carbonyl (C=O) groups is 2. The summed E-state index contributed by atoms with van der Waals surface area (Å²) in [7, 11) is -3.27. The Hall–Kier alpha value is -2.13. The number of amides is 2. The van der Waals surface area contributed by atoms with E-state index >= 15 is 0 Å². The molecular formula is C18H29N4O4S+. The maximum absolute atomic E-state index is 12.1. The summed E-state index contributed by atoms with van der Waals surface area (Å²) < 4.78 is 25.6. The average Bonchev–Trinajstić information content (AvgIpc) is 2.65. The smallest absolute Gasteiger partial charge is 0.313 e. The van der Waals surface area contributed by atoms with E-state index in [0.717, 1.165) is 26.1 Å². The van der Waals surface area contributed by atoms with Crippen molar-refractivity contribution in [1.29, 1.82) is 0 Å². The average molecular weight is 398 g/mol. The lowest BCUT2D eigenvalue weighted by Crippen LogP contribution is -3.12. The van der Waals surface area contributed by atoms with E-state index in [1.165, 1.54) is 9.21 Å². The van der Waals surface area contributed by atoms with Crippen LogP contribution in [0.3, 0.4) is 0 Å². The van der Waals surface area contributed by atoms with Gasteiger partial charge in [-0.05, 0) is 51.0 Å². The first-order chi connectivity index (χ1) is 12.9. The molecule has 0 saturated carbocycles. The molecular weight excluding hydrogens is 368 g/mol. The van der Waals surface area contributed by atoms with Crippen molar-refractivity contribution in [3.8, 4) is 0 Å². The van der Waals surface area contributed by atoms with Crippen LogP contribution in [0.1, 0.15) is 26.7 Å². The Bertz CT molecular complexity index is 745. The van der Waals surface area contributed by atoms with E-state index in [0.29, 0.717) is 30.9 Å². The first-order valence-corrected chi connectivity index (χ1v) is 11.0. The first-order valence-electron chi connectivity index (χ1n) is 9.40. The molecule has 8 nitrogen and oxygen atoms in total. The molecule has 0 bridgehead atoms. The van der Waals surface area contributed by atoms with Gasteiger partial charge in [-0.1, -0.05) is 0 Å². The molecule has 2 rings (SSSR count). The van der Waals surface area contributed by atoms with E-state index in [2.05, 4.69) is 24.5 Å². The first kappa shape index (κ1) is 21.2. The Kier molecular flexibility index (Phi) is 7.61. The molecule has 0 radical (unpaired) electrons. The van der Waals surface area contributed by atoms with Crippen LogP contribution in [-0.2, 0) is 19.6 Å². The van der Waals surface area contributed by atoms with E-state index < -0.39 is 21.8 Å². The standard InChI is InChI=1S/C18H28N4O4S/c1-3-21(4-2)13-11-19-17(23)18(24)20-15-7-9-16(10-8-15)22-12-5-6-14-27(22,25)26/h7-10H,3-6,11-14H2,1-2H3,(H,19,23)(H,20,24)/p+1. The third-order valence-electron chi connectivity index (χ3n) is 4.73. The van der Waals surface area contributed by atoms with Crippen molar-refractivity contribution in [2.75, 3.05) is 48.1 Å². The number of likely N-dealkylation sites (N-methyl/N-ethyl adjacent to an activating group) is 1. The number of anilines is 2. The van der Waals surface area contributed by atoms with Crippen LogP contribution < -0.4 is 19.8 Å². The van der Waals surface area contributed by atoms with Crippen LogP contribution in [0.15, 0.2) is 24.3 Å². The zero-order valence-corrected chi connectivity index (χ0v) is 16.8. The minimum atomic E-state index is -3.27. The second-order valence-corrected chi connectivity index (χ2v) is 8.57. The molecule has 150 valence electrons. The van der Waals surface area contributed by atoms with Gasteiger partial charge in [0.15, 0.2) is 0 Å². The van der Waals surface area contributed by atoms with Crippen LogP contribution in [0.2, 0.25) is 0 Å². The molecule has 1 fully saturated rings. The molecule has 1 saturated heterocycles. The Balaban J connectivity index is 1.88. The van der Waals surface area contributed by atoms with Gasteiger partial charge in [-0.25, -0.2) is 8.42 Å². The zero-order chi connectivity index (χ0) is 19.9. The van der Waals surface area contributed by atoms with Gasteiger partial charge in [-0.3, -0.25) is 13.9 Å². The van der Waals surface area contributed by atoms with Crippen molar-refractivity contribution >= 4 is 33.2 Å². The third kappa shape index (κ3) is 5.93. The molecule has 27 heavy (non-hydrogen) atoms. The number of hydrogen-bond acceptors (Lipinski definition) is 4. The maximum Gasteiger partial charge on any atom is 0.313 e. The lowest BCUT2D eigenvalue weighted by Gasteiger charge is -2.28. The van der Waals surface area contributed by atoms with Crippen LogP contribution in [0.5, 0.6) is 0 Å². The van der Waals surface area contributed by atoms with Crippen molar-refractivity contribution in [3.63, 3.8) is 0 Å². The maximum atomic E-state index is 12.1. The van der Waals surface area contributed by atoms with Crippen LogP contribution >= 0.6 is 0 Å². The molecule has 2 amide bonds. The molecule has 0 aliphatic carbocycles. The van der Waals surface area contributed by atoms with Gasteiger partial charge in [-0.15, -0.1) is 0 Å². The molecule has 1 heterocycles. The molecule has 1 aromatic rings. The van der Waals surface area contributed by atoms with E-state index in [9.17, 15) is 18.0 Å². The third-order valence-corrected chi connectivity index (χ3v) is 6.60. The summed E-state index contributed by atoms with van der Waals surface area (Å²) in [4.78, 5) is 25.2. The molecule has 3 N–H and O–H groups in total. The fraction of sp³-hybridized carbons (Fsp3) is 0.556. The predicted molar refractivity (Wildman–Crippen MR) is 105 cm³/mol. The highest BCUT2D eigenvalue weighted by Gasteiger charge is 2.25. The quantitative estimate of drug-likeness (QED) is 0.545. The minimum Gasteiger partial charge on any atom is -0.342 e. The summed E-state index contributed by atoms with van der Waals surface area (Å²) >= 11 is 0. The minimum absolute atomic E-state index is 0.154. The number of sulfonamides is 1. The molecule has 0 unspecified atom stereocenters. The number of quaternary nitrogens is 1. The van der Waals surface area contributed by atoms with Crippen LogP contribution in [-0.4, -0.2) is 58.7 Å². The Morgan fingerprint density at radius 3 is 2.33 bits per heavy atom. The van der Waals surface area contributed by atoms with Gasteiger partial charge in [0.2, 0.25) is 10.0 Å². The SMILES string of the molecule is CC[NH+](CC)CCNC(=O)C(=O)Nc1ccc(N2CCCCS2(=O)=O)cc1. The fourth-order valence-electron chi connectivity index (χ4n) is 3.01. The molecule has 9 heteroatoms. The largest absolute Gasteiger partial charge is 0.342 e. The van der Waals surface area contributed by atoms with Crippen LogP contribution in [0.4, 0.5) is 11.4 Å². The van der Waals surface area contributed by atoms with E-state index in [-0.39, 0.29) is 5.75 Å². The van der Waals surface area contributed by atoms with Gasteiger partial charge in [-0.2, -0.15) is 0 Å². The number of nitrogens with zero attached hydrogens (tertiary/aromatic N) is 1. The van der Waals surface area contributed by atoms with Gasteiger partial charge in [0, 0.05) is 12.2 Å². The van der Waals surface area contributed by atoms with Crippen molar-refractivity contribution in [2.24, 2.45) is 0 Å². The van der Waals surface area contributed by atoms with Gasteiger partial charge in [0.1, 0.15) is 0 Å². The summed E-state index contributed by atoms with van der Waals surface area (Å²) in [6.07, 6.45) is 1.50. The van der Waals surface area contributed by atoms with Crippen molar-refractivity contribution < 1.29 is 22.9 Å². The summed E-state index contributed by atoms with van der Waals surface area (Å²) in [5, 5.41) is 5.15. The molecule has 1 aliphatic rings. The second kappa shape index (κ2) is 9.70. The van der Waals surface area contributed by atoms with Gasteiger partial charge < -0.3 is 15.5 Å². The molecule has 1 aliphatic heterocycles. The highest BCUT2D eigenvalue weighted by atomic mass is 32.2. The summed E-state index contributed by atoms with van der Waals surface area (Å²) in [6.45, 7) is 7.76. The monoisotopic (exact) mass is 397 g/mol. The molecule has 0 aromatic heterocycles. The fourth-order valence-corrected chi connectivity index (χ4v) is 4.65. The number of nitrogens with one attached hydrogen (secondary N) is 3. The lowest BCUT2D eigenvalue weighted by atomic mass is 10.2. The Morgan fingerprint density at radius 1 is 1.07 bits per heavy atom. The molecule has 0 atom stereocenters. The normalized spacial score (nSPS) is 16.2. The highest BCUT2D eigenvalue weighted by molar-refractivity contribution is 7.92. The lowest BCUT2D eigenvalue weighted by molar-refractivity contribution is -0.895. The van der Waals surface area contributed by atoms with Gasteiger partial charge in [0.05, 0.1) is 37.6 Å². The number of rotatable bonds is 7. The van der Waals surface area contributed by atoms with Crippen LogP contribution in [0.25, 0.3) is 0 Å². The van der Waals surface area contributed by atoms with Gasteiger partial charge in [0.25, 0.3) is 0 Å². The number of carbonyl (C=O) groups excluding carboxylic acids is 2. The topological polar surface area (TPSA) is 100 Å². The molecule has 0 spiro atoms. The highest BCUT2D eigenvalue weighted by Crippen LogP contribution is 2.24. The summed E-state index contributed by atoms with van der Waals surface area (Å²) in [5.74, 6) is -1.26. The van der Waals surface area contributed by atoms with Crippen molar-refractivity contribution in [1.82, 2.24) is 5.32 Å². The van der Waals surface area contributed by atoms with E-state index in [1.54, 1.807) is 24.3 Å². The second-order valence-electron chi connectivity index (χ2n) is 6.56. The number of hydrogen-bond donors (Lipinski definition) is 3. The Labute approximate surface area is 161 Å². The van der Waals surface area contributed by atoms with Crippen molar-refractivity contribution in [2.45, 2.75) is 26.7 Å². The van der Waals surface area contributed by atoms with E-state index in [4.69, 9.17) is 0 Å². The summed E-state index contributed by atoms with van der Waals surface area (Å²) in [5.41, 5.74) is 1.02. The predicted octanol–water partition coefficient (Wildman–Crippen LogP) is -0.404. The molecule has 1 aromatic carbocycles. The van der Waals surface area contributed by atoms with Crippen LogP contribution in [0, 0.1) is 0 Å².